The number of imidazole rings is 1. The van der Waals surface area contributed by atoms with Crippen LogP contribution in [0.4, 0.5) is 5.13 Å². The SMILES string of the molecule is CCCCCN(C(=O)c1cn2c(C)cccc2n1)c1nc(C)c(C(=O)OCC)s1. The third kappa shape index (κ3) is 4.48. The van der Waals surface area contributed by atoms with Crippen molar-refractivity contribution < 1.29 is 14.3 Å². The number of fused-ring (bicyclic) bond motifs is 1. The predicted molar refractivity (Wildman–Crippen MR) is 114 cm³/mol. The number of carbonyl (C=O) groups excluding carboxylic acids is 2. The van der Waals surface area contributed by atoms with Crippen LogP contribution in [0.2, 0.25) is 0 Å². The highest BCUT2D eigenvalue weighted by Gasteiger charge is 2.26. The average molecular weight is 415 g/mol. The van der Waals surface area contributed by atoms with Gasteiger partial charge < -0.3 is 9.14 Å². The lowest BCUT2D eigenvalue weighted by Gasteiger charge is -2.18. The Hall–Kier alpha value is -2.74. The first kappa shape index (κ1) is 21.0. The highest BCUT2D eigenvalue weighted by molar-refractivity contribution is 7.17. The summed E-state index contributed by atoms with van der Waals surface area (Å²) in [4.78, 5) is 36.6. The molecular weight excluding hydrogens is 388 g/mol. The van der Waals surface area contributed by atoms with Crippen molar-refractivity contribution in [2.24, 2.45) is 0 Å². The van der Waals surface area contributed by atoms with E-state index < -0.39 is 5.97 Å². The van der Waals surface area contributed by atoms with Gasteiger partial charge in [-0.1, -0.05) is 37.2 Å². The van der Waals surface area contributed by atoms with Crippen LogP contribution in [0.3, 0.4) is 0 Å². The van der Waals surface area contributed by atoms with E-state index in [0.717, 1.165) is 30.6 Å². The Morgan fingerprint density at radius 2 is 1.97 bits per heavy atom. The quantitative estimate of drug-likeness (QED) is 0.403. The Bertz CT molecular complexity index is 1020. The summed E-state index contributed by atoms with van der Waals surface area (Å²) < 4.78 is 7.01. The number of thiazole rings is 1. The van der Waals surface area contributed by atoms with Gasteiger partial charge in [0.25, 0.3) is 5.91 Å². The summed E-state index contributed by atoms with van der Waals surface area (Å²) in [5.41, 5.74) is 2.66. The fraction of sp³-hybridized carbons (Fsp3) is 0.429. The van der Waals surface area contributed by atoms with Crippen LogP contribution in [-0.4, -0.2) is 39.4 Å². The molecule has 0 aromatic carbocycles. The number of unbranched alkanes of at least 4 members (excludes halogenated alkanes) is 2. The minimum atomic E-state index is -0.405. The first-order valence-corrected chi connectivity index (χ1v) is 10.7. The summed E-state index contributed by atoms with van der Waals surface area (Å²) in [6, 6.07) is 5.76. The highest BCUT2D eigenvalue weighted by atomic mass is 32.1. The van der Waals surface area contributed by atoms with Crippen molar-refractivity contribution >= 4 is 34.0 Å². The molecule has 0 bridgehead atoms. The lowest BCUT2D eigenvalue weighted by Crippen LogP contribution is -2.32. The molecule has 3 aromatic rings. The van der Waals surface area contributed by atoms with E-state index >= 15 is 0 Å². The van der Waals surface area contributed by atoms with E-state index in [1.807, 2.05) is 29.5 Å². The van der Waals surface area contributed by atoms with Gasteiger partial charge >= 0.3 is 5.97 Å². The number of esters is 1. The zero-order valence-corrected chi connectivity index (χ0v) is 18.1. The van der Waals surface area contributed by atoms with Gasteiger partial charge in [-0.2, -0.15) is 0 Å². The van der Waals surface area contributed by atoms with Crippen LogP contribution in [0.15, 0.2) is 24.4 Å². The van der Waals surface area contributed by atoms with E-state index in [1.165, 1.54) is 11.3 Å². The van der Waals surface area contributed by atoms with E-state index in [4.69, 9.17) is 4.74 Å². The van der Waals surface area contributed by atoms with Crippen molar-refractivity contribution in [3.05, 3.63) is 46.4 Å². The molecule has 3 heterocycles. The van der Waals surface area contributed by atoms with Gasteiger partial charge in [0, 0.05) is 18.4 Å². The first-order valence-electron chi connectivity index (χ1n) is 9.87. The smallest absolute Gasteiger partial charge is 0.350 e. The van der Waals surface area contributed by atoms with Crippen LogP contribution in [0.25, 0.3) is 5.65 Å². The molecule has 0 radical (unpaired) electrons. The number of amides is 1. The Morgan fingerprint density at radius 3 is 2.66 bits per heavy atom. The predicted octanol–water partition coefficient (Wildman–Crippen LogP) is 4.42. The summed E-state index contributed by atoms with van der Waals surface area (Å²) in [5.74, 6) is -0.619. The van der Waals surface area contributed by atoms with Gasteiger partial charge in [-0.3, -0.25) is 9.69 Å². The van der Waals surface area contributed by atoms with Crippen molar-refractivity contribution in [2.45, 2.75) is 47.0 Å². The number of ether oxygens (including phenoxy) is 1. The summed E-state index contributed by atoms with van der Waals surface area (Å²) in [7, 11) is 0. The van der Waals surface area contributed by atoms with Crippen LogP contribution < -0.4 is 4.90 Å². The maximum absolute atomic E-state index is 13.3. The summed E-state index contributed by atoms with van der Waals surface area (Å²) in [6.45, 7) is 8.43. The fourth-order valence-electron chi connectivity index (χ4n) is 3.08. The van der Waals surface area contributed by atoms with Gasteiger partial charge in [0.05, 0.1) is 12.3 Å². The van der Waals surface area contributed by atoms with Crippen molar-refractivity contribution in [3.8, 4) is 0 Å². The van der Waals surface area contributed by atoms with Crippen LogP contribution in [0.5, 0.6) is 0 Å². The molecule has 1 amide bonds. The zero-order chi connectivity index (χ0) is 21.0. The summed E-state index contributed by atoms with van der Waals surface area (Å²) in [6.07, 6.45) is 4.65. The number of hydrogen-bond donors (Lipinski definition) is 0. The average Bonchev–Trinajstić information content (AvgIpc) is 3.30. The van der Waals surface area contributed by atoms with Crippen molar-refractivity contribution in [1.29, 1.82) is 0 Å². The second-order valence-electron chi connectivity index (χ2n) is 6.82. The molecule has 0 aliphatic carbocycles. The molecule has 0 N–H and O–H groups in total. The minimum absolute atomic E-state index is 0.214. The zero-order valence-electron chi connectivity index (χ0n) is 17.3. The van der Waals surface area contributed by atoms with Gasteiger partial charge in [0.15, 0.2) is 5.13 Å². The van der Waals surface area contributed by atoms with Crippen LogP contribution in [-0.2, 0) is 4.74 Å². The van der Waals surface area contributed by atoms with Gasteiger partial charge in [-0.05, 0) is 39.3 Å². The molecule has 0 unspecified atom stereocenters. The van der Waals surface area contributed by atoms with Crippen molar-refractivity contribution in [2.75, 3.05) is 18.1 Å². The monoisotopic (exact) mass is 414 g/mol. The van der Waals surface area contributed by atoms with Crippen molar-refractivity contribution in [3.63, 3.8) is 0 Å². The molecule has 154 valence electrons. The standard InChI is InChI=1S/C21H26N4O3S/c1-5-7-8-12-24(21-22-15(4)18(29-21)20(27)28-6-2)19(26)16-13-25-14(3)10-9-11-17(25)23-16/h9-11,13H,5-8,12H2,1-4H3. The topological polar surface area (TPSA) is 76.8 Å². The second kappa shape index (κ2) is 9.17. The van der Waals surface area contributed by atoms with E-state index in [0.29, 0.717) is 34.5 Å². The normalized spacial score (nSPS) is 11.0. The number of anilines is 1. The van der Waals surface area contributed by atoms with Gasteiger partial charge in [0.1, 0.15) is 16.2 Å². The van der Waals surface area contributed by atoms with Crippen LogP contribution >= 0.6 is 11.3 Å². The number of aromatic nitrogens is 3. The maximum atomic E-state index is 13.3. The molecule has 3 aromatic heterocycles. The molecule has 0 atom stereocenters. The minimum Gasteiger partial charge on any atom is -0.462 e. The molecule has 0 aliphatic rings. The number of nitrogens with zero attached hydrogens (tertiary/aromatic N) is 4. The van der Waals surface area contributed by atoms with Gasteiger partial charge in [-0.15, -0.1) is 0 Å². The molecule has 3 rings (SSSR count). The fourth-order valence-corrected chi connectivity index (χ4v) is 4.06. The summed E-state index contributed by atoms with van der Waals surface area (Å²) in [5, 5.41) is 0.500. The van der Waals surface area contributed by atoms with E-state index in [1.54, 1.807) is 24.9 Å². The van der Waals surface area contributed by atoms with Gasteiger partial charge in [0.2, 0.25) is 0 Å². The first-order chi connectivity index (χ1) is 14.0. The summed E-state index contributed by atoms with van der Waals surface area (Å²) >= 11 is 1.19. The Balaban J connectivity index is 1.96. The molecule has 29 heavy (non-hydrogen) atoms. The Labute approximate surface area is 174 Å². The highest BCUT2D eigenvalue weighted by Crippen LogP contribution is 2.28. The lowest BCUT2D eigenvalue weighted by atomic mass is 10.2. The van der Waals surface area contributed by atoms with Crippen molar-refractivity contribution in [1.82, 2.24) is 14.4 Å². The van der Waals surface area contributed by atoms with E-state index in [2.05, 4.69) is 16.9 Å². The number of pyridine rings is 1. The van der Waals surface area contributed by atoms with E-state index in [9.17, 15) is 9.59 Å². The Morgan fingerprint density at radius 1 is 1.17 bits per heavy atom. The number of aryl methyl sites for hydroxylation is 2. The number of rotatable bonds is 8. The number of carbonyl (C=O) groups is 2. The molecule has 0 spiro atoms. The Kier molecular flexibility index (Phi) is 6.64. The van der Waals surface area contributed by atoms with E-state index in [-0.39, 0.29) is 5.91 Å². The second-order valence-corrected chi connectivity index (χ2v) is 7.79. The van der Waals surface area contributed by atoms with Crippen LogP contribution in [0.1, 0.15) is 64.7 Å². The molecule has 0 aliphatic heterocycles. The maximum Gasteiger partial charge on any atom is 0.350 e. The van der Waals surface area contributed by atoms with Gasteiger partial charge in [-0.25, -0.2) is 14.8 Å². The molecule has 0 saturated heterocycles. The number of hydrogen-bond acceptors (Lipinski definition) is 6. The van der Waals surface area contributed by atoms with Crippen LogP contribution in [0, 0.1) is 13.8 Å². The molecule has 7 nitrogen and oxygen atoms in total. The molecule has 0 fully saturated rings. The third-order valence-corrected chi connectivity index (χ3v) is 5.78. The molecule has 8 heteroatoms. The largest absolute Gasteiger partial charge is 0.462 e. The lowest BCUT2D eigenvalue weighted by molar-refractivity contribution is 0.0531. The molecule has 0 saturated carbocycles. The molecular formula is C21H26N4O3S. The third-order valence-electron chi connectivity index (χ3n) is 4.62.